The molecule has 0 atom stereocenters. The summed E-state index contributed by atoms with van der Waals surface area (Å²) in [6, 6.07) is 0.741. The summed E-state index contributed by atoms with van der Waals surface area (Å²) in [6.45, 7) is 8.43. The minimum absolute atomic E-state index is 0.139. The number of carbonyl (C=O) groups excluding carboxylic acids is 1. The van der Waals surface area contributed by atoms with E-state index in [9.17, 15) is 4.79 Å². The first-order valence-electron chi connectivity index (χ1n) is 9.09. The van der Waals surface area contributed by atoms with E-state index in [2.05, 4.69) is 10.2 Å². The molecule has 5 nitrogen and oxygen atoms in total. The van der Waals surface area contributed by atoms with Crippen LogP contribution in [-0.2, 0) is 4.74 Å². The Labute approximate surface area is 134 Å². The fraction of sp³-hybridized carbons (Fsp3) is 0.941. The molecule has 0 bridgehead atoms. The zero-order valence-electron chi connectivity index (χ0n) is 14.0. The van der Waals surface area contributed by atoms with Crippen molar-refractivity contribution in [2.75, 3.05) is 45.9 Å². The number of amides is 1. The molecule has 2 heterocycles. The van der Waals surface area contributed by atoms with Crippen LogP contribution in [0.5, 0.6) is 0 Å². The number of hydrogen-bond donors (Lipinski definition) is 1. The molecule has 1 saturated carbocycles. The number of hydrogen-bond acceptors (Lipinski definition) is 4. The Morgan fingerprint density at radius 3 is 2.32 bits per heavy atom. The summed E-state index contributed by atoms with van der Waals surface area (Å²) in [7, 11) is 0. The third kappa shape index (κ3) is 3.57. The van der Waals surface area contributed by atoms with Gasteiger partial charge in [0.1, 0.15) is 0 Å². The van der Waals surface area contributed by atoms with Crippen molar-refractivity contribution in [3.8, 4) is 0 Å². The summed E-state index contributed by atoms with van der Waals surface area (Å²) in [5, 5.41) is 3.50. The lowest BCUT2D eigenvalue weighted by molar-refractivity contribution is 0.0318. The lowest BCUT2D eigenvalue weighted by Crippen LogP contribution is -2.53. The molecule has 0 unspecified atom stereocenters. The van der Waals surface area contributed by atoms with E-state index in [0.717, 1.165) is 32.2 Å². The van der Waals surface area contributed by atoms with Crippen molar-refractivity contribution in [1.29, 1.82) is 0 Å². The van der Waals surface area contributed by atoms with Crippen LogP contribution in [0, 0.1) is 5.41 Å². The average Bonchev–Trinajstić information content (AvgIpc) is 2.57. The second-order valence-electron chi connectivity index (χ2n) is 7.20. The van der Waals surface area contributed by atoms with Gasteiger partial charge in [-0.25, -0.2) is 4.79 Å². The van der Waals surface area contributed by atoms with Gasteiger partial charge < -0.3 is 15.0 Å². The van der Waals surface area contributed by atoms with Gasteiger partial charge in [0.25, 0.3) is 0 Å². The lowest BCUT2D eigenvalue weighted by Gasteiger charge is -2.47. The summed E-state index contributed by atoms with van der Waals surface area (Å²) in [5.41, 5.74) is 0.647. The topological polar surface area (TPSA) is 44.8 Å². The van der Waals surface area contributed by atoms with Gasteiger partial charge in [-0.05, 0) is 64.0 Å². The van der Waals surface area contributed by atoms with Gasteiger partial charge in [0.05, 0.1) is 6.61 Å². The maximum absolute atomic E-state index is 11.8. The predicted molar refractivity (Wildman–Crippen MR) is 87.0 cm³/mol. The molecule has 1 spiro atoms. The van der Waals surface area contributed by atoms with Crippen molar-refractivity contribution >= 4 is 6.09 Å². The van der Waals surface area contributed by atoms with Crippen LogP contribution in [0.1, 0.15) is 45.4 Å². The first-order chi connectivity index (χ1) is 10.7. The minimum atomic E-state index is -0.139. The molecule has 3 rings (SSSR count). The van der Waals surface area contributed by atoms with Gasteiger partial charge in [0.15, 0.2) is 0 Å². The first-order valence-corrected chi connectivity index (χ1v) is 9.09. The van der Waals surface area contributed by atoms with E-state index >= 15 is 0 Å². The highest BCUT2D eigenvalue weighted by Crippen LogP contribution is 2.44. The highest BCUT2D eigenvalue weighted by atomic mass is 16.6. The van der Waals surface area contributed by atoms with E-state index in [0.29, 0.717) is 12.0 Å². The fourth-order valence-electron chi connectivity index (χ4n) is 4.52. The standard InChI is InChI=1S/C17H31N3O2/c1-2-22-16(21)20-13-11-19(12-14-20)15-3-5-17(6-4-15)7-9-18-10-8-17/h15,18H,2-14H2,1H3. The molecule has 0 aromatic rings. The van der Waals surface area contributed by atoms with E-state index in [1.54, 1.807) is 0 Å². The molecule has 0 radical (unpaired) electrons. The van der Waals surface area contributed by atoms with Crippen LogP contribution in [0.4, 0.5) is 4.79 Å². The minimum Gasteiger partial charge on any atom is -0.450 e. The smallest absolute Gasteiger partial charge is 0.409 e. The monoisotopic (exact) mass is 309 g/mol. The molecule has 22 heavy (non-hydrogen) atoms. The van der Waals surface area contributed by atoms with E-state index in [-0.39, 0.29) is 6.09 Å². The number of rotatable bonds is 2. The van der Waals surface area contributed by atoms with Crippen LogP contribution in [0.25, 0.3) is 0 Å². The fourth-order valence-corrected chi connectivity index (χ4v) is 4.52. The Morgan fingerprint density at radius 1 is 1.09 bits per heavy atom. The number of piperazine rings is 1. The summed E-state index contributed by atoms with van der Waals surface area (Å²) in [6.07, 6.45) is 8.10. The summed E-state index contributed by atoms with van der Waals surface area (Å²) >= 11 is 0. The van der Waals surface area contributed by atoms with Gasteiger partial charge in [-0.3, -0.25) is 4.90 Å². The Hall–Kier alpha value is -0.810. The predicted octanol–water partition coefficient (Wildman–Crippen LogP) is 2.07. The van der Waals surface area contributed by atoms with E-state index in [4.69, 9.17) is 4.74 Å². The Balaban J connectivity index is 1.44. The van der Waals surface area contributed by atoms with Crippen molar-refractivity contribution in [2.45, 2.75) is 51.5 Å². The van der Waals surface area contributed by atoms with Crippen LogP contribution in [0.2, 0.25) is 0 Å². The van der Waals surface area contributed by atoms with Crippen LogP contribution in [-0.4, -0.2) is 67.8 Å². The molecule has 3 aliphatic rings. The lowest BCUT2D eigenvalue weighted by atomic mass is 9.67. The van der Waals surface area contributed by atoms with Crippen molar-refractivity contribution in [2.24, 2.45) is 5.41 Å². The Kier molecular flexibility index (Phi) is 5.24. The molecular formula is C17H31N3O2. The first kappa shape index (κ1) is 16.1. The molecule has 3 fully saturated rings. The average molecular weight is 309 g/mol. The third-order valence-electron chi connectivity index (χ3n) is 6.04. The molecule has 5 heteroatoms. The van der Waals surface area contributed by atoms with Crippen molar-refractivity contribution in [3.63, 3.8) is 0 Å². The largest absolute Gasteiger partial charge is 0.450 e. The third-order valence-corrected chi connectivity index (χ3v) is 6.04. The highest BCUT2D eigenvalue weighted by Gasteiger charge is 2.38. The van der Waals surface area contributed by atoms with Crippen molar-refractivity contribution < 1.29 is 9.53 Å². The molecule has 0 aromatic carbocycles. The van der Waals surface area contributed by atoms with Crippen LogP contribution in [0.3, 0.4) is 0 Å². The van der Waals surface area contributed by atoms with Gasteiger partial charge in [-0.2, -0.15) is 0 Å². The Morgan fingerprint density at radius 2 is 1.73 bits per heavy atom. The number of nitrogens with one attached hydrogen (secondary N) is 1. The van der Waals surface area contributed by atoms with E-state index in [1.165, 1.54) is 51.6 Å². The van der Waals surface area contributed by atoms with Gasteiger partial charge in [-0.15, -0.1) is 0 Å². The molecule has 1 amide bonds. The van der Waals surface area contributed by atoms with E-state index < -0.39 is 0 Å². The molecule has 2 saturated heterocycles. The molecule has 1 N–H and O–H groups in total. The van der Waals surface area contributed by atoms with Crippen LogP contribution < -0.4 is 5.32 Å². The maximum atomic E-state index is 11.8. The van der Waals surface area contributed by atoms with Gasteiger partial charge in [-0.1, -0.05) is 0 Å². The summed E-state index contributed by atoms with van der Waals surface area (Å²) < 4.78 is 5.10. The molecule has 0 aromatic heterocycles. The van der Waals surface area contributed by atoms with Gasteiger partial charge in [0, 0.05) is 32.2 Å². The van der Waals surface area contributed by atoms with E-state index in [1.807, 2.05) is 11.8 Å². The van der Waals surface area contributed by atoms with Crippen LogP contribution in [0.15, 0.2) is 0 Å². The number of ether oxygens (including phenoxy) is 1. The number of nitrogens with zero attached hydrogens (tertiary/aromatic N) is 2. The quantitative estimate of drug-likeness (QED) is 0.848. The maximum Gasteiger partial charge on any atom is 0.409 e. The Bertz CT molecular complexity index is 364. The summed E-state index contributed by atoms with van der Waals surface area (Å²) in [4.78, 5) is 16.2. The second kappa shape index (κ2) is 7.18. The normalized spacial score (nSPS) is 27.0. The van der Waals surface area contributed by atoms with Crippen LogP contribution >= 0.6 is 0 Å². The molecule has 2 aliphatic heterocycles. The highest BCUT2D eigenvalue weighted by molar-refractivity contribution is 5.67. The number of carbonyl (C=O) groups is 1. The van der Waals surface area contributed by atoms with Gasteiger partial charge in [0.2, 0.25) is 0 Å². The zero-order valence-corrected chi connectivity index (χ0v) is 14.0. The number of piperidine rings is 1. The summed E-state index contributed by atoms with van der Waals surface area (Å²) in [5.74, 6) is 0. The van der Waals surface area contributed by atoms with Crippen molar-refractivity contribution in [3.05, 3.63) is 0 Å². The molecule has 1 aliphatic carbocycles. The molecule has 126 valence electrons. The van der Waals surface area contributed by atoms with Gasteiger partial charge >= 0.3 is 6.09 Å². The zero-order chi connectivity index (χ0) is 15.4. The SMILES string of the molecule is CCOC(=O)N1CCN(C2CCC3(CCNCC3)CC2)CC1. The second-order valence-corrected chi connectivity index (χ2v) is 7.20. The molecular weight excluding hydrogens is 278 g/mol. The van der Waals surface area contributed by atoms with Crippen molar-refractivity contribution in [1.82, 2.24) is 15.1 Å².